The van der Waals surface area contributed by atoms with E-state index >= 15 is 0 Å². The Bertz CT molecular complexity index is 799. The molecule has 1 unspecified atom stereocenters. The lowest BCUT2D eigenvalue weighted by Crippen LogP contribution is -2.19. The van der Waals surface area contributed by atoms with Crippen molar-refractivity contribution in [2.24, 2.45) is 0 Å². The van der Waals surface area contributed by atoms with Crippen molar-refractivity contribution in [1.29, 1.82) is 0 Å². The van der Waals surface area contributed by atoms with Gasteiger partial charge < -0.3 is 14.8 Å². The Balaban J connectivity index is 1.26. The smallest absolute Gasteiger partial charge is 0.124 e. The minimum Gasteiger partial charge on any atom is -0.491 e. The molecule has 1 saturated heterocycles. The molecule has 3 nitrogen and oxygen atoms in total. The maximum atomic E-state index is 6.24. The summed E-state index contributed by atoms with van der Waals surface area (Å²) < 4.78 is 12.0. The van der Waals surface area contributed by atoms with E-state index in [0.29, 0.717) is 6.61 Å². The highest BCUT2D eigenvalue weighted by Crippen LogP contribution is 2.29. The summed E-state index contributed by atoms with van der Waals surface area (Å²) in [6, 6.07) is 13.0. The predicted molar refractivity (Wildman–Crippen MR) is 150 cm³/mol. The van der Waals surface area contributed by atoms with E-state index in [9.17, 15) is 0 Å². The van der Waals surface area contributed by atoms with Gasteiger partial charge in [-0.3, -0.25) is 0 Å². The van der Waals surface area contributed by atoms with Gasteiger partial charge in [0.2, 0.25) is 0 Å². The van der Waals surface area contributed by atoms with Crippen molar-refractivity contribution >= 4 is 10.8 Å². The average Bonchev–Trinajstić information content (AvgIpc) is 3.41. The third-order valence-corrected chi connectivity index (χ3v) is 7.46. The summed E-state index contributed by atoms with van der Waals surface area (Å²) in [5, 5.41) is 6.27. The first kappa shape index (κ1) is 28.0. The summed E-state index contributed by atoms with van der Waals surface area (Å²) in [5.41, 5.74) is 1.28. The molecule has 1 N–H and O–H groups in total. The van der Waals surface area contributed by atoms with Crippen LogP contribution in [0.1, 0.15) is 115 Å². The Labute approximate surface area is 215 Å². The second-order valence-electron chi connectivity index (χ2n) is 10.5. The highest BCUT2D eigenvalue weighted by Gasteiger charge is 2.17. The number of unbranched alkanes of at least 4 members (excludes halogenated alkanes) is 13. The Morgan fingerprint density at radius 1 is 0.800 bits per heavy atom. The van der Waals surface area contributed by atoms with Crippen molar-refractivity contribution in [1.82, 2.24) is 5.32 Å². The molecule has 0 aromatic heterocycles. The van der Waals surface area contributed by atoms with Crippen molar-refractivity contribution in [3.8, 4) is 5.75 Å². The minimum atomic E-state index is 0.248. The molecule has 1 heterocycles. The van der Waals surface area contributed by atoms with E-state index in [2.05, 4.69) is 48.6 Å². The monoisotopic (exact) mass is 481 g/mol. The molecular weight excluding hydrogens is 430 g/mol. The maximum absolute atomic E-state index is 6.24. The summed E-state index contributed by atoms with van der Waals surface area (Å²) in [6.45, 7) is 5.76. The van der Waals surface area contributed by atoms with Crippen LogP contribution in [0.2, 0.25) is 0 Å². The van der Waals surface area contributed by atoms with E-state index in [4.69, 9.17) is 9.47 Å². The fourth-order valence-electron chi connectivity index (χ4n) is 5.25. The first-order chi connectivity index (χ1) is 17.4. The Morgan fingerprint density at radius 2 is 1.46 bits per heavy atom. The number of benzene rings is 2. The van der Waals surface area contributed by atoms with Gasteiger partial charge in [0, 0.05) is 18.7 Å². The summed E-state index contributed by atoms with van der Waals surface area (Å²) in [4.78, 5) is 0. The van der Waals surface area contributed by atoms with E-state index < -0.39 is 0 Å². The van der Waals surface area contributed by atoms with E-state index in [1.165, 1.54) is 106 Å². The summed E-state index contributed by atoms with van der Waals surface area (Å²) >= 11 is 0. The van der Waals surface area contributed by atoms with Crippen LogP contribution in [-0.2, 0) is 11.3 Å². The van der Waals surface area contributed by atoms with Crippen LogP contribution < -0.4 is 10.1 Å². The van der Waals surface area contributed by atoms with Crippen molar-refractivity contribution in [3.63, 3.8) is 0 Å². The molecule has 0 spiro atoms. The highest BCUT2D eigenvalue weighted by atomic mass is 16.5. The van der Waals surface area contributed by atoms with E-state index in [0.717, 1.165) is 38.3 Å². The molecule has 1 atom stereocenters. The Hall–Kier alpha value is -1.58. The van der Waals surface area contributed by atoms with Crippen LogP contribution in [0, 0.1) is 0 Å². The SMILES string of the molecule is CCCCCCCCCCCCCCCCNCc1c(OCC2CCCO2)ccc2ccccc12. The number of nitrogens with one attached hydrogen (secondary N) is 1. The van der Waals surface area contributed by atoms with Gasteiger partial charge in [-0.05, 0) is 42.6 Å². The van der Waals surface area contributed by atoms with Crippen LogP contribution in [0.4, 0.5) is 0 Å². The van der Waals surface area contributed by atoms with Gasteiger partial charge in [-0.25, -0.2) is 0 Å². The number of ether oxygens (including phenoxy) is 2. The van der Waals surface area contributed by atoms with Crippen LogP contribution in [0.25, 0.3) is 10.8 Å². The summed E-state index contributed by atoms with van der Waals surface area (Å²) in [5.74, 6) is 1.01. The molecule has 196 valence electrons. The lowest BCUT2D eigenvalue weighted by molar-refractivity contribution is 0.0676. The van der Waals surface area contributed by atoms with Gasteiger partial charge >= 0.3 is 0 Å². The quantitative estimate of drug-likeness (QED) is 0.191. The summed E-state index contributed by atoms with van der Waals surface area (Å²) in [7, 11) is 0. The van der Waals surface area contributed by atoms with E-state index in [1.54, 1.807) is 0 Å². The molecule has 1 aliphatic rings. The molecule has 2 aromatic rings. The van der Waals surface area contributed by atoms with E-state index in [1.807, 2.05) is 0 Å². The first-order valence-electron chi connectivity index (χ1n) is 14.8. The van der Waals surface area contributed by atoms with Gasteiger partial charge in [0.1, 0.15) is 12.4 Å². The fraction of sp³-hybridized carbons (Fsp3) is 0.688. The highest BCUT2D eigenvalue weighted by molar-refractivity contribution is 5.87. The second-order valence-corrected chi connectivity index (χ2v) is 10.5. The zero-order valence-electron chi connectivity index (χ0n) is 22.5. The van der Waals surface area contributed by atoms with Gasteiger partial charge in [-0.2, -0.15) is 0 Å². The van der Waals surface area contributed by atoms with Crippen molar-refractivity contribution in [3.05, 3.63) is 42.0 Å². The summed E-state index contributed by atoms with van der Waals surface area (Å²) in [6.07, 6.45) is 22.2. The Morgan fingerprint density at radius 3 is 2.11 bits per heavy atom. The van der Waals surface area contributed by atoms with Crippen LogP contribution >= 0.6 is 0 Å². The van der Waals surface area contributed by atoms with Gasteiger partial charge in [-0.1, -0.05) is 121 Å². The van der Waals surface area contributed by atoms with Crippen LogP contribution in [0.5, 0.6) is 5.75 Å². The fourth-order valence-corrected chi connectivity index (χ4v) is 5.25. The van der Waals surface area contributed by atoms with Crippen LogP contribution in [-0.4, -0.2) is 25.9 Å². The van der Waals surface area contributed by atoms with E-state index in [-0.39, 0.29) is 6.10 Å². The standard InChI is InChI=1S/C32H51NO2/c1-2-3-4-5-6-7-8-9-10-11-12-13-14-17-24-33-26-31-30-21-16-15-19-28(30)22-23-32(31)35-27-29-20-18-25-34-29/h15-16,19,21-23,29,33H,2-14,17-18,20,24-27H2,1H3. The molecular formula is C32H51NO2. The number of rotatable bonds is 20. The number of hydrogen-bond donors (Lipinski definition) is 1. The molecule has 2 aromatic carbocycles. The maximum Gasteiger partial charge on any atom is 0.124 e. The molecule has 0 amide bonds. The number of fused-ring (bicyclic) bond motifs is 1. The average molecular weight is 482 g/mol. The normalized spacial score (nSPS) is 15.7. The van der Waals surface area contributed by atoms with Crippen molar-refractivity contribution in [2.75, 3.05) is 19.8 Å². The lowest BCUT2D eigenvalue weighted by Gasteiger charge is -2.17. The third kappa shape index (κ3) is 10.9. The zero-order chi connectivity index (χ0) is 24.4. The lowest BCUT2D eigenvalue weighted by atomic mass is 10.0. The minimum absolute atomic E-state index is 0.248. The van der Waals surface area contributed by atoms with Crippen LogP contribution in [0.15, 0.2) is 36.4 Å². The van der Waals surface area contributed by atoms with Crippen molar-refractivity contribution in [2.45, 2.75) is 122 Å². The first-order valence-corrected chi connectivity index (χ1v) is 14.8. The predicted octanol–water partition coefficient (Wildman–Crippen LogP) is 8.97. The molecule has 0 radical (unpaired) electrons. The molecule has 0 bridgehead atoms. The molecule has 0 aliphatic carbocycles. The Kier molecular flexibility index (Phi) is 14.2. The second kappa shape index (κ2) is 17.8. The molecule has 3 heteroatoms. The molecule has 1 fully saturated rings. The van der Waals surface area contributed by atoms with Gasteiger partial charge in [0.15, 0.2) is 0 Å². The topological polar surface area (TPSA) is 30.5 Å². The molecule has 35 heavy (non-hydrogen) atoms. The van der Waals surface area contributed by atoms with Gasteiger partial charge in [0.05, 0.1) is 6.10 Å². The molecule has 3 rings (SSSR count). The third-order valence-electron chi connectivity index (χ3n) is 7.46. The van der Waals surface area contributed by atoms with Gasteiger partial charge in [-0.15, -0.1) is 0 Å². The molecule has 0 saturated carbocycles. The largest absolute Gasteiger partial charge is 0.491 e. The van der Waals surface area contributed by atoms with Gasteiger partial charge in [0.25, 0.3) is 0 Å². The van der Waals surface area contributed by atoms with Crippen LogP contribution in [0.3, 0.4) is 0 Å². The zero-order valence-corrected chi connectivity index (χ0v) is 22.5. The number of hydrogen-bond acceptors (Lipinski definition) is 3. The molecule has 1 aliphatic heterocycles. The van der Waals surface area contributed by atoms with Crippen molar-refractivity contribution < 1.29 is 9.47 Å².